The minimum absolute atomic E-state index is 0.217. The number of para-hydroxylation sites is 2. The molecule has 2 heteroatoms. The molecular weight excluding hydrogens is 917 g/mol. The molecule has 4 aliphatic rings. The van der Waals surface area contributed by atoms with E-state index in [0.717, 1.165) is 48.3 Å². The molecule has 370 valence electrons. The summed E-state index contributed by atoms with van der Waals surface area (Å²) < 4.78 is 0. The average molecular weight is 981 g/mol. The van der Waals surface area contributed by atoms with Crippen LogP contribution in [0.25, 0.3) is 34.4 Å². The lowest BCUT2D eigenvalue weighted by molar-refractivity contribution is 0.563. The predicted molar refractivity (Wildman–Crippen MR) is 324 cm³/mol. The molecular formula is C74H64N2. The monoisotopic (exact) mass is 981 g/mol. The molecule has 0 amide bonds. The molecule has 0 N–H and O–H groups in total. The third-order valence-corrected chi connectivity index (χ3v) is 16.9. The number of fused-ring (bicyclic) bond motifs is 11. The minimum atomic E-state index is -0.580. The van der Waals surface area contributed by atoms with Gasteiger partial charge in [0.25, 0.3) is 0 Å². The zero-order valence-electron chi connectivity index (χ0n) is 44.3. The first-order valence-electron chi connectivity index (χ1n) is 26.9. The van der Waals surface area contributed by atoms with Crippen LogP contribution in [0, 0.1) is 0 Å². The highest BCUT2D eigenvalue weighted by Gasteiger charge is 2.49. The first-order valence-corrected chi connectivity index (χ1v) is 26.9. The van der Waals surface area contributed by atoms with E-state index in [2.05, 4.69) is 270 Å². The van der Waals surface area contributed by atoms with E-state index >= 15 is 0 Å². The Hall–Kier alpha value is -8.72. The molecule has 2 nitrogen and oxygen atoms in total. The standard InChI is InChI=1S/C74H64N2/c1-8-12-23-50(5)52(7)75(51(6)10-3)61-38-42-64-63-40-34-53(44-67(63)73(68(64)46-61)48-57-26-16-17-27-58(57)49-73)32-33-54-35-41-65-66-43-39-62(76-71-30-20-18-24-55(71)36-37-56-25-19-21-31-72(56)76)47-70(66)74(69(65)45-54,59(11-4)22-9-2)60-28-14-13-15-29-60/h8-35,38-47H,1,3,6,36-37,48-49H2,2,4-5,7H3/b22-9-,23-12-,33-32+,52-50+,59-11+. The number of nitrogens with zero attached hydrogens (tertiary/aromatic N) is 2. The Labute approximate surface area is 450 Å². The third-order valence-electron chi connectivity index (χ3n) is 16.9. The van der Waals surface area contributed by atoms with E-state index in [-0.39, 0.29) is 5.41 Å². The maximum atomic E-state index is 4.47. The first-order chi connectivity index (χ1) is 37.2. The number of hydrogen-bond donors (Lipinski definition) is 0. The molecule has 0 fully saturated rings. The van der Waals surface area contributed by atoms with Crippen LogP contribution in [-0.4, -0.2) is 0 Å². The van der Waals surface area contributed by atoms with Crippen LogP contribution < -0.4 is 9.80 Å². The zero-order valence-corrected chi connectivity index (χ0v) is 44.3. The van der Waals surface area contributed by atoms with Crippen LogP contribution in [0.4, 0.5) is 22.7 Å². The maximum absolute atomic E-state index is 4.47. The van der Waals surface area contributed by atoms with E-state index in [0.29, 0.717) is 0 Å². The lowest BCUT2D eigenvalue weighted by Gasteiger charge is -2.36. The number of hydrogen-bond acceptors (Lipinski definition) is 2. The van der Waals surface area contributed by atoms with Crippen LogP contribution in [0.15, 0.2) is 261 Å². The van der Waals surface area contributed by atoms with Gasteiger partial charge < -0.3 is 9.80 Å². The molecule has 1 unspecified atom stereocenters. The highest BCUT2D eigenvalue weighted by molar-refractivity contribution is 5.92. The lowest BCUT2D eigenvalue weighted by Crippen LogP contribution is -2.29. The first kappa shape index (κ1) is 48.2. The molecule has 1 atom stereocenters. The average Bonchev–Trinajstić information content (AvgIpc) is 4.06. The van der Waals surface area contributed by atoms with Gasteiger partial charge in [0, 0.05) is 39.6 Å². The molecule has 1 heterocycles. The van der Waals surface area contributed by atoms with Crippen molar-refractivity contribution in [2.75, 3.05) is 9.80 Å². The van der Waals surface area contributed by atoms with Crippen molar-refractivity contribution in [2.24, 2.45) is 0 Å². The van der Waals surface area contributed by atoms with Gasteiger partial charge in [-0.1, -0.05) is 202 Å². The number of anilines is 4. The summed E-state index contributed by atoms with van der Waals surface area (Å²) in [4.78, 5) is 4.76. The van der Waals surface area contributed by atoms with Gasteiger partial charge in [0.15, 0.2) is 0 Å². The normalized spacial score (nSPS) is 16.9. The van der Waals surface area contributed by atoms with Crippen molar-refractivity contribution < 1.29 is 0 Å². The zero-order chi connectivity index (χ0) is 52.1. The van der Waals surface area contributed by atoms with Crippen molar-refractivity contribution in [2.45, 2.75) is 64.2 Å². The SMILES string of the molecule is C=C/C=C\C(C)=C(/C)N(C(=C)C=C)c1ccc2c(c1)C1(Cc3ccccc3C1)c1cc(/C=C/c3ccc4c(c3)C(C(/C=C\C)=C/C)(c3ccccc3)c3cc(N5c6ccccc6CCc6ccccc65)ccc3-4)ccc1-2. The van der Waals surface area contributed by atoms with E-state index in [1.54, 1.807) is 0 Å². The van der Waals surface area contributed by atoms with Gasteiger partial charge >= 0.3 is 0 Å². The summed E-state index contributed by atoms with van der Waals surface area (Å²) in [5.74, 6) is 0. The minimum Gasteiger partial charge on any atom is -0.315 e. The van der Waals surface area contributed by atoms with Crippen LogP contribution in [0.2, 0.25) is 0 Å². The summed E-state index contributed by atoms with van der Waals surface area (Å²) in [5, 5.41) is 0. The summed E-state index contributed by atoms with van der Waals surface area (Å²) in [5.41, 5.74) is 28.0. The predicted octanol–water partition coefficient (Wildman–Crippen LogP) is 18.9. The Kier molecular flexibility index (Phi) is 12.4. The van der Waals surface area contributed by atoms with Gasteiger partial charge in [0.1, 0.15) is 0 Å². The topological polar surface area (TPSA) is 6.48 Å². The van der Waals surface area contributed by atoms with Crippen LogP contribution in [-0.2, 0) is 36.5 Å². The fourth-order valence-electron chi connectivity index (χ4n) is 13.3. The molecule has 8 aromatic rings. The number of rotatable bonds is 12. The molecule has 1 spiro atoms. The Balaban J connectivity index is 0.976. The summed E-state index contributed by atoms with van der Waals surface area (Å²) in [6, 6.07) is 66.7. The quantitative estimate of drug-likeness (QED) is 0.0889. The fourth-order valence-corrected chi connectivity index (χ4v) is 13.3. The van der Waals surface area contributed by atoms with Gasteiger partial charge in [-0.25, -0.2) is 0 Å². The van der Waals surface area contributed by atoms with E-state index in [1.807, 2.05) is 18.2 Å². The van der Waals surface area contributed by atoms with Crippen molar-refractivity contribution in [3.05, 3.63) is 322 Å². The van der Waals surface area contributed by atoms with Gasteiger partial charge in [-0.3, -0.25) is 0 Å². The molecule has 12 rings (SSSR count). The fraction of sp³-hybridized carbons (Fsp3) is 0.135. The molecule has 0 bridgehead atoms. The second-order valence-electron chi connectivity index (χ2n) is 21.0. The second kappa shape index (κ2) is 19.5. The van der Waals surface area contributed by atoms with Gasteiger partial charge in [-0.05, 0) is 197 Å². The molecule has 8 aromatic carbocycles. The van der Waals surface area contributed by atoms with Crippen molar-refractivity contribution in [1.82, 2.24) is 0 Å². The Morgan fingerprint density at radius 2 is 1.08 bits per heavy atom. The second-order valence-corrected chi connectivity index (χ2v) is 21.0. The van der Waals surface area contributed by atoms with E-state index in [4.69, 9.17) is 0 Å². The highest BCUT2D eigenvalue weighted by atomic mass is 15.2. The van der Waals surface area contributed by atoms with E-state index < -0.39 is 5.41 Å². The smallest absolute Gasteiger partial charge is 0.0711 e. The highest BCUT2D eigenvalue weighted by Crippen LogP contribution is 2.59. The van der Waals surface area contributed by atoms with Gasteiger partial charge in [-0.2, -0.15) is 0 Å². The van der Waals surface area contributed by atoms with Gasteiger partial charge in [0.05, 0.1) is 5.41 Å². The Morgan fingerprint density at radius 3 is 1.67 bits per heavy atom. The van der Waals surface area contributed by atoms with E-state index in [9.17, 15) is 0 Å². The van der Waals surface area contributed by atoms with Gasteiger partial charge in [-0.15, -0.1) is 0 Å². The number of allylic oxidation sites excluding steroid dienone is 10. The molecule has 76 heavy (non-hydrogen) atoms. The number of aryl methyl sites for hydroxylation is 2. The van der Waals surface area contributed by atoms with E-state index in [1.165, 1.54) is 106 Å². The van der Waals surface area contributed by atoms with Crippen molar-refractivity contribution in [3.63, 3.8) is 0 Å². The summed E-state index contributed by atoms with van der Waals surface area (Å²) in [6.45, 7) is 21.2. The summed E-state index contributed by atoms with van der Waals surface area (Å²) in [7, 11) is 0. The van der Waals surface area contributed by atoms with Gasteiger partial charge in [0.2, 0.25) is 0 Å². The maximum Gasteiger partial charge on any atom is 0.0711 e. The molecule has 3 aliphatic carbocycles. The van der Waals surface area contributed by atoms with Crippen molar-refractivity contribution >= 4 is 34.9 Å². The Morgan fingerprint density at radius 1 is 0.553 bits per heavy atom. The van der Waals surface area contributed by atoms with Crippen LogP contribution in [0.1, 0.15) is 88.9 Å². The molecule has 0 aromatic heterocycles. The summed E-state index contributed by atoms with van der Waals surface area (Å²) >= 11 is 0. The Bertz CT molecular complexity index is 3760. The largest absolute Gasteiger partial charge is 0.315 e. The van der Waals surface area contributed by atoms with Crippen LogP contribution in [0.3, 0.4) is 0 Å². The van der Waals surface area contributed by atoms with Crippen LogP contribution in [0.5, 0.6) is 0 Å². The number of benzene rings is 8. The molecule has 0 radical (unpaired) electrons. The molecule has 0 saturated heterocycles. The lowest BCUT2D eigenvalue weighted by atomic mass is 9.66. The summed E-state index contributed by atoms with van der Waals surface area (Å²) in [6.07, 6.45) is 23.2. The molecule has 0 saturated carbocycles. The third kappa shape index (κ3) is 7.69. The van der Waals surface area contributed by atoms with Crippen LogP contribution >= 0.6 is 0 Å². The molecule has 1 aliphatic heterocycles. The van der Waals surface area contributed by atoms with Crippen molar-refractivity contribution in [3.8, 4) is 22.3 Å². The van der Waals surface area contributed by atoms with Crippen molar-refractivity contribution in [1.29, 1.82) is 0 Å².